The highest BCUT2D eigenvalue weighted by molar-refractivity contribution is 7.08. The molecule has 3 nitrogen and oxygen atoms in total. The maximum atomic E-state index is 5.29. The number of thiophene rings is 1. The number of fused-ring (bicyclic) bond motifs is 1. The number of nitrogens with one attached hydrogen (secondary N) is 1. The van der Waals surface area contributed by atoms with Gasteiger partial charge in [-0.25, -0.2) is 4.98 Å². The first-order valence-corrected chi connectivity index (χ1v) is 7.40. The normalized spacial score (nSPS) is 10.7. The number of anilines is 1. The number of hydrogen-bond acceptors (Lipinski definition) is 4. The van der Waals surface area contributed by atoms with Gasteiger partial charge in [-0.3, -0.25) is 0 Å². The number of methoxy groups -OCH3 is 1. The average molecular weight is 284 g/mol. The van der Waals surface area contributed by atoms with E-state index in [9.17, 15) is 0 Å². The van der Waals surface area contributed by atoms with Crippen LogP contribution in [0.5, 0.6) is 5.75 Å². The Hall–Kier alpha value is -2.07. The molecule has 3 rings (SSSR count). The van der Waals surface area contributed by atoms with Gasteiger partial charge in [-0.1, -0.05) is 6.07 Å². The van der Waals surface area contributed by atoms with E-state index in [1.54, 1.807) is 18.4 Å². The van der Waals surface area contributed by atoms with Crippen LogP contribution in [0.15, 0.2) is 41.2 Å². The van der Waals surface area contributed by atoms with Gasteiger partial charge < -0.3 is 10.1 Å². The standard InChI is InChI=1S/C16H16N2OS/c1-11-9-20-10-13(11)8-18-16-15-7-14(19-2)4-3-12(15)5-6-17-16/h3-7,9-10H,8H2,1-2H3,(H,17,18). The van der Waals surface area contributed by atoms with Crippen LogP contribution in [0, 0.1) is 6.92 Å². The van der Waals surface area contributed by atoms with Gasteiger partial charge in [-0.15, -0.1) is 0 Å². The second kappa shape index (κ2) is 5.51. The summed E-state index contributed by atoms with van der Waals surface area (Å²) in [5.41, 5.74) is 2.64. The zero-order chi connectivity index (χ0) is 13.9. The lowest BCUT2D eigenvalue weighted by Crippen LogP contribution is -2.02. The lowest BCUT2D eigenvalue weighted by molar-refractivity contribution is 0.415. The summed E-state index contributed by atoms with van der Waals surface area (Å²) < 4.78 is 5.29. The number of nitrogens with zero attached hydrogens (tertiary/aromatic N) is 1. The van der Waals surface area contributed by atoms with Crippen LogP contribution in [0.3, 0.4) is 0 Å². The van der Waals surface area contributed by atoms with Crippen LogP contribution in [0.1, 0.15) is 11.1 Å². The molecule has 102 valence electrons. The second-order valence-corrected chi connectivity index (χ2v) is 5.42. The summed E-state index contributed by atoms with van der Waals surface area (Å²) in [6, 6.07) is 8.05. The summed E-state index contributed by atoms with van der Waals surface area (Å²) in [6.07, 6.45) is 1.83. The van der Waals surface area contributed by atoms with Gasteiger partial charge in [0.05, 0.1) is 7.11 Å². The molecule has 0 bridgehead atoms. The van der Waals surface area contributed by atoms with Crippen molar-refractivity contribution in [3.05, 3.63) is 52.3 Å². The summed E-state index contributed by atoms with van der Waals surface area (Å²) in [4.78, 5) is 4.45. The lowest BCUT2D eigenvalue weighted by atomic mass is 10.1. The second-order valence-electron chi connectivity index (χ2n) is 4.68. The molecule has 0 unspecified atom stereocenters. The van der Waals surface area contributed by atoms with E-state index in [4.69, 9.17) is 4.74 Å². The molecule has 2 heterocycles. The van der Waals surface area contributed by atoms with Crippen LogP contribution in [0.25, 0.3) is 10.8 Å². The van der Waals surface area contributed by atoms with Gasteiger partial charge in [0, 0.05) is 18.1 Å². The first-order chi connectivity index (χ1) is 9.78. The van der Waals surface area contributed by atoms with Crippen molar-refractivity contribution in [3.63, 3.8) is 0 Å². The molecule has 20 heavy (non-hydrogen) atoms. The van der Waals surface area contributed by atoms with Crippen molar-refractivity contribution in [3.8, 4) is 5.75 Å². The fourth-order valence-corrected chi connectivity index (χ4v) is 3.02. The monoisotopic (exact) mass is 284 g/mol. The quantitative estimate of drug-likeness (QED) is 0.778. The summed E-state index contributed by atoms with van der Waals surface area (Å²) in [5, 5.41) is 10.0. The molecule has 1 N–H and O–H groups in total. The van der Waals surface area contributed by atoms with Gasteiger partial charge in [0.15, 0.2) is 0 Å². The fraction of sp³-hybridized carbons (Fsp3) is 0.188. The van der Waals surface area contributed by atoms with Gasteiger partial charge in [0.2, 0.25) is 0 Å². The Morgan fingerprint density at radius 3 is 2.90 bits per heavy atom. The highest BCUT2D eigenvalue weighted by Crippen LogP contribution is 2.26. The van der Waals surface area contributed by atoms with Gasteiger partial charge in [-0.05, 0) is 52.4 Å². The van der Waals surface area contributed by atoms with Gasteiger partial charge in [0.1, 0.15) is 11.6 Å². The van der Waals surface area contributed by atoms with E-state index in [2.05, 4.69) is 34.1 Å². The predicted molar refractivity (Wildman–Crippen MR) is 84.7 cm³/mol. The Morgan fingerprint density at radius 2 is 2.15 bits per heavy atom. The molecule has 0 fully saturated rings. The molecular weight excluding hydrogens is 268 g/mol. The fourth-order valence-electron chi connectivity index (χ4n) is 2.16. The third-order valence-corrected chi connectivity index (χ3v) is 4.29. The molecule has 0 spiro atoms. The molecule has 3 aromatic rings. The minimum Gasteiger partial charge on any atom is -0.497 e. The van der Waals surface area contributed by atoms with Crippen molar-refractivity contribution >= 4 is 27.9 Å². The van der Waals surface area contributed by atoms with Crippen LogP contribution in [-0.2, 0) is 6.54 Å². The molecule has 1 aromatic carbocycles. The molecule has 0 atom stereocenters. The Morgan fingerprint density at radius 1 is 1.25 bits per heavy atom. The van der Waals surface area contributed by atoms with Gasteiger partial charge in [0.25, 0.3) is 0 Å². The van der Waals surface area contributed by atoms with E-state index in [-0.39, 0.29) is 0 Å². The van der Waals surface area contributed by atoms with Crippen LogP contribution >= 0.6 is 11.3 Å². The zero-order valence-electron chi connectivity index (χ0n) is 11.5. The predicted octanol–water partition coefficient (Wildman–Crippen LogP) is 4.23. The Bertz CT molecular complexity index is 736. The Labute approximate surface area is 122 Å². The molecule has 0 saturated carbocycles. The minimum atomic E-state index is 0.790. The number of rotatable bonds is 4. The van der Waals surface area contributed by atoms with Crippen molar-refractivity contribution in [1.82, 2.24) is 4.98 Å². The number of aromatic nitrogens is 1. The maximum Gasteiger partial charge on any atom is 0.134 e. The van der Waals surface area contributed by atoms with Crippen molar-refractivity contribution < 1.29 is 4.74 Å². The maximum absolute atomic E-state index is 5.29. The van der Waals surface area contributed by atoms with Crippen LogP contribution in [0.4, 0.5) is 5.82 Å². The number of hydrogen-bond donors (Lipinski definition) is 1. The number of aryl methyl sites for hydroxylation is 1. The average Bonchev–Trinajstić information content (AvgIpc) is 2.89. The summed E-state index contributed by atoms with van der Waals surface area (Å²) >= 11 is 1.73. The van der Waals surface area contributed by atoms with Gasteiger partial charge in [-0.2, -0.15) is 11.3 Å². The van der Waals surface area contributed by atoms with Crippen molar-refractivity contribution in [2.24, 2.45) is 0 Å². The minimum absolute atomic E-state index is 0.790. The molecule has 0 aliphatic heterocycles. The molecule has 0 amide bonds. The third kappa shape index (κ3) is 2.47. The van der Waals surface area contributed by atoms with Crippen molar-refractivity contribution in [2.45, 2.75) is 13.5 Å². The first-order valence-electron chi connectivity index (χ1n) is 6.46. The zero-order valence-corrected chi connectivity index (χ0v) is 12.3. The highest BCUT2D eigenvalue weighted by Gasteiger charge is 2.05. The molecule has 0 aliphatic carbocycles. The largest absolute Gasteiger partial charge is 0.497 e. The third-order valence-electron chi connectivity index (χ3n) is 3.38. The first kappa shape index (κ1) is 12.9. The molecule has 2 aromatic heterocycles. The summed E-state index contributed by atoms with van der Waals surface area (Å²) in [5.74, 6) is 1.74. The molecule has 0 saturated heterocycles. The Kier molecular flexibility index (Phi) is 3.56. The molecule has 4 heteroatoms. The molecule has 0 radical (unpaired) electrons. The SMILES string of the molecule is COc1ccc2ccnc(NCc3cscc3C)c2c1. The summed E-state index contributed by atoms with van der Waals surface area (Å²) in [7, 11) is 1.68. The van der Waals surface area contributed by atoms with E-state index in [0.717, 1.165) is 28.9 Å². The number of pyridine rings is 1. The van der Waals surface area contributed by atoms with Crippen molar-refractivity contribution in [2.75, 3.05) is 12.4 Å². The van der Waals surface area contributed by atoms with E-state index in [0.29, 0.717) is 0 Å². The highest BCUT2D eigenvalue weighted by atomic mass is 32.1. The number of ether oxygens (including phenoxy) is 1. The topological polar surface area (TPSA) is 34.1 Å². The molecular formula is C16H16N2OS. The van der Waals surface area contributed by atoms with Gasteiger partial charge >= 0.3 is 0 Å². The van der Waals surface area contributed by atoms with E-state index in [1.807, 2.05) is 24.4 Å². The van der Waals surface area contributed by atoms with Crippen molar-refractivity contribution in [1.29, 1.82) is 0 Å². The summed E-state index contributed by atoms with van der Waals surface area (Å²) in [6.45, 7) is 2.92. The van der Waals surface area contributed by atoms with Crippen LogP contribution in [-0.4, -0.2) is 12.1 Å². The van der Waals surface area contributed by atoms with E-state index >= 15 is 0 Å². The van der Waals surface area contributed by atoms with E-state index in [1.165, 1.54) is 11.1 Å². The molecule has 0 aliphatic rings. The number of benzene rings is 1. The van der Waals surface area contributed by atoms with Crippen LogP contribution < -0.4 is 10.1 Å². The smallest absolute Gasteiger partial charge is 0.134 e. The van der Waals surface area contributed by atoms with Crippen LogP contribution in [0.2, 0.25) is 0 Å². The van der Waals surface area contributed by atoms with E-state index < -0.39 is 0 Å². The lowest BCUT2D eigenvalue weighted by Gasteiger charge is -2.10. The Balaban J connectivity index is 1.92.